The van der Waals surface area contributed by atoms with E-state index in [0.717, 1.165) is 22.8 Å². The van der Waals surface area contributed by atoms with Gasteiger partial charge in [0.1, 0.15) is 41.4 Å². The van der Waals surface area contributed by atoms with Crippen molar-refractivity contribution in [1.82, 2.24) is 34.1 Å². The molecule has 11 rings (SSSR count). The number of carbonyl (C=O) groups excluding carboxylic acids is 2. The average molecular weight is 1610 g/mol. The van der Waals surface area contributed by atoms with Crippen LogP contribution in [-0.4, -0.2) is 120 Å². The van der Waals surface area contributed by atoms with Gasteiger partial charge in [-0.05, 0) is 135 Å². The first-order valence-electron chi connectivity index (χ1n) is 32.0. The fourth-order valence-electron chi connectivity index (χ4n) is 10.6. The van der Waals surface area contributed by atoms with Crippen molar-refractivity contribution in [3.8, 4) is 23.0 Å². The summed E-state index contributed by atoms with van der Waals surface area (Å²) in [5, 5.41) is 25.9. The Hall–Kier alpha value is -8.78. The first-order chi connectivity index (χ1) is 48.5. The van der Waals surface area contributed by atoms with Gasteiger partial charge in [-0.2, -0.15) is 0 Å². The minimum atomic E-state index is -1.05. The van der Waals surface area contributed by atoms with Gasteiger partial charge in [0.15, 0.2) is 39.3 Å². The number of methoxy groups -OCH3 is 4. The number of rotatable bonds is 18. The van der Waals surface area contributed by atoms with Gasteiger partial charge in [-0.25, -0.2) is 24.7 Å². The Morgan fingerprint density at radius 1 is 0.500 bits per heavy atom. The molecule has 0 saturated carbocycles. The SMILES string of the molecule is CCOC(=O)CI.CCOC(=O)Cn1c2nc(C(C)C)ccc2c(=O)c2ccc(Cl)c(OC)c21.COc1c(Cl)ccc2c(=O)c3ccc(C(C)C)nc3[nH]c12.COc1c(Cl)ccc2c(=O)c3ccc(C(C)C)nc3n(CC(=O)O)c12.COc1c(Cl)cccc1Nc1nc(C(C)C)ccc1C(=O)O.[Li+].[OH-]. The number of hydrogen-bond donors (Lipinski definition) is 4. The van der Waals surface area contributed by atoms with Crippen LogP contribution in [0, 0.1) is 0 Å². The molecule has 0 spiro atoms. The minimum Gasteiger partial charge on any atom is -0.870 e. The molecule has 7 aromatic heterocycles. The summed E-state index contributed by atoms with van der Waals surface area (Å²) in [7, 11) is 5.93. The number of ether oxygens (including phenoxy) is 6. The monoisotopic (exact) mass is 1610 g/mol. The van der Waals surface area contributed by atoms with E-state index in [9.17, 15) is 43.8 Å². The largest absolute Gasteiger partial charge is 1.00 e. The van der Waals surface area contributed by atoms with Gasteiger partial charge >= 0.3 is 42.7 Å². The fourth-order valence-corrected chi connectivity index (χ4v) is 11.8. The molecule has 0 amide bonds. The Morgan fingerprint density at radius 2 is 0.894 bits per heavy atom. The number of pyridine rings is 7. The summed E-state index contributed by atoms with van der Waals surface area (Å²) in [5.41, 5.74) is 6.11. The molecule has 7 heterocycles. The van der Waals surface area contributed by atoms with E-state index >= 15 is 0 Å². The van der Waals surface area contributed by atoms with Crippen LogP contribution in [0.3, 0.4) is 0 Å². The van der Waals surface area contributed by atoms with Crippen LogP contribution in [0.1, 0.15) is 126 Å². The fraction of sp³-hybridized carbons (Fsp3) is 0.311. The predicted octanol–water partition coefficient (Wildman–Crippen LogP) is 13.3. The molecule has 0 atom stereocenters. The zero-order chi connectivity index (χ0) is 75.1. The van der Waals surface area contributed by atoms with Gasteiger partial charge in [0.05, 0.1) is 121 Å². The van der Waals surface area contributed by atoms with E-state index < -0.39 is 17.9 Å². The summed E-state index contributed by atoms with van der Waals surface area (Å²) in [4.78, 5) is 105. The van der Waals surface area contributed by atoms with Gasteiger partial charge < -0.3 is 63.5 Å². The van der Waals surface area contributed by atoms with E-state index in [4.69, 9.17) is 70.1 Å². The number of fused-ring (bicyclic) bond motifs is 6. The number of para-hydroxylation sites is 1. The number of alkyl halides is 1. The zero-order valence-electron chi connectivity index (χ0n) is 59.9. The Labute approximate surface area is 644 Å². The van der Waals surface area contributed by atoms with Crippen LogP contribution < -0.4 is 59.4 Å². The Morgan fingerprint density at radius 3 is 1.33 bits per heavy atom. The molecule has 11 aromatic rings. The number of aromatic amines is 1. The standard InChI is InChI=1S/C20H21ClN2O4.C18H17ClN2O4.C16H17ClN2O3.C16H15ClN2O2.C4H7IO2.Li.H2O/c1-5-27-16(24)10-23-17-12(6-8-14(21)19(17)26-4)18(25)13-7-9-15(11(2)3)22-20(13)23;1-9(2)13-7-5-11-16(24)10-4-6-12(19)17(25-3)15(10)21(8-14(22)23)18(11)20-13;1-9(2)12-8-7-10(16(20)21)15(18-12)19-13-6-4-5-11(17)14(13)22-3;1-8(2)12-7-5-10-14(20)9-4-6-11(17)15(21-3)13(9)19-16(10)18-12;1-2-7-4(6)3-5;;/h6-9,11H,5,10H2,1-4H3;4-7,9H,8H2,1-3H3,(H,22,23);4-9H,1-3H3,(H,18,19)(H,20,21);4-8H,1-3H3,(H,18,19,20);2-3H2,1H3;;1H2/q;;;;;+1;/p-1. The molecule has 5 N–H and O–H groups in total. The van der Waals surface area contributed by atoms with E-state index in [0.29, 0.717) is 120 Å². The number of hydrogen-bond acceptors (Lipinski definition) is 19. The second kappa shape index (κ2) is 38.8. The van der Waals surface area contributed by atoms with Crippen LogP contribution in [0.15, 0.2) is 118 Å². The normalized spacial score (nSPS) is 10.8. The van der Waals surface area contributed by atoms with Crippen molar-refractivity contribution >= 4 is 170 Å². The molecule has 0 fully saturated rings. The first-order valence-corrected chi connectivity index (χ1v) is 35.1. The molecule has 4 aromatic carbocycles. The van der Waals surface area contributed by atoms with Gasteiger partial charge in [0.2, 0.25) is 0 Å². The summed E-state index contributed by atoms with van der Waals surface area (Å²) in [6.45, 7) is 19.9. The third-order valence-electron chi connectivity index (χ3n) is 15.6. The van der Waals surface area contributed by atoms with E-state index in [1.54, 1.807) is 103 Å². The number of aromatic carboxylic acids is 1. The van der Waals surface area contributed by atoms with E-state index in [1.807, 2.05) is 82.3 Å². The number of carboxylic acid groups (broad SMARTS) is 2. The maximum absolute atomic E-state index is 13.0. The molecule has 546 valence electrons. The first kappa shape index (κ1) is 85.9. The number of aliphatic carboxylic acids is 1. The van der Waals surface area contributed by atoms with Crippen molar-refractivity contribution in [2.45, 2.75) is 106 Å². The number of benzene rings is 4. The summed E-state index contributed by atoms with van der Waals surface area (Å²) in [6, 6.07) is 29.0. The van der Waals surface area contributed by atoms with Crippen molar-refractivity contribution in [2.75, 3.05) is 51.4 Å². The van der Waals surface area contributed by atoms with E-state index in [1.165, 1.54) is 33.0 Å². The number of H-pyrrole nitrogens is 1. The number of nitrogens with one attached hydrogen (secondary N) is 2. The van der Waals surface area contributed by atoms with Crippen LogP contribution in [-0.2, 0) is 36.9 Å². The molecule has 0 aliphatic carbocycles. The van der Waals surface area contributed by atoms with Gasteiger partial charge in [0.25, 0.3) is 0 Å². The van der Waals surface area contributed by atoms with Crippen LogP contribution in [0.5, 0.6) is 23.0 Å². The Kier molecular flexibility index (Phi) is 32.1. The zero-order valence-corrected chi connectivity index (χ0v) is 65.1. The number of carboxylic acids is 2. The van der Waals surface area contributed by atoms with Crippen molar-refractivity contribution in [3.63, 3.8) is 0 Å². The van der Waals surface area contributed by atoms with Crippen LogP contribution in [0.2, 0.25) is 20.1 Å². The van der Waals surface area contributed by atoms with Crippen molar-refractivity contribution in [3.05, 3.63) is 182 Å². The molecule has 0 aliphatic heterocycles. The average Bonchev–Trinajstić information content (AvgIpc) is 0.750. The van der Waals surface area contributed by atoms with Crippen molar-refractivity contribution in [1.29, 1.82) is 0 Å². The second-order valence-corrected chi connectivity index (χ2v) is 26.1. The molecule has 0 aliphatic rings. The summed E-state index contributed by atoms with van der Waals surface area (Å²) >= 11 is 26.6. The predicted molar refractivity (Wildman–Crippen MR) is 412 cm³/mol. The third-order valence-corrected chi connectivity index (χ3v) is 17.4. The summed E-state index contributed by atoms with van der Waals surface area (Å²) in [6.07, 6.45) is 0. The minimum absolute atomic E-state index is 0. The second-order valence-electron chi connectivity index (χ2n) is 23.7. The van der Waals surface area contributed by atoms with Crippen LogP contribution >= 0.6 is 69.0 Å². The Balaban J connectivity index is 0.000000241. The van der Waals surface area contributed by atoms with Gasteiger partial charge in [-0.3, -0.25) is 28.8 Å². The molecule has 0 radical (unpaired) electrons. The Bertz CT molecular complexity index is 5170. The number of carbonyl (C=O) groups is 4. The van der Waals surface area contributed by atoms with Crippen molar-refractivity contribution in [2.24, 2.45) is 0 Å². The van der Waals surface area contributed by atoms with E-state index in [-0.39, 0.29) is 107 Å². The van der Waals surface area contributed by atoms with Gasteiger partial charge in [0, 0.05) is 22.8 Å². The van der Waals surface area contributed by atoms with E-state index in [2.05, 4.69) is 48.8 Å². The number of halogens is 5. The molecular formula is C74H78Cl4ILiN8O16. The van der Waals surface area contributed by atoms with Gasteiger partial charge in [-0.15, -0.1) is 0 Å². The smallest absolute Gasteiger partial charge is 0.870 e. The number of aromatic nitrogens is 7. The third kappa shape index (κ3) is 19.8. The van der Waals surface area contributed by atoms with Crippen molar-refractivity contribution < 1.29 is 82.1 Å². The maximum atomic E-state index is 13.0. The molecule has 30 heteroatoms. The summed E-state index contributed by atoms with van der Waals surface area (Å²) < 4.78 is 34.6. The molecule has 0 bridgehead atoms. The molecule has 0 saturated heterocycles. The molecule has 24 nitrogen and oxygen atoms in total. The quantitative estimate of drug-likeness (QED) is 0.0204. The van der Waals surface area contributed by atoms with Crippen LogP contribution in [0.4, 0.5) is 11.5 Å². The number of esters is 2. The summed E-state index contributed by atoms with van der Waals surface area (Å²) in [5.74, 6) is -0.138. The van der Waals surface area contributed by atoms with Gasteiger partial charge in [-0.1, -0.05) is 130 Å². The number of nitrogens with zero attached hydrogens (tertiary/aromatic N) is 6. The molecular weight excluding hydrogens is 1530 g/mol. The topological polar surface area (TPSA) is 335 Å². The van der Waals surface area contributed by atoms with Crippen LogP contribution in [0.25, 0.3) is 65.8 Å². The maximum Gasteiger partial charge on any atom is 1.00 e. The molecule has 104 heavy (non-hydrogen) atoms. The molecule has 0 unspecified atom stereocenters. The number of anilines is 2.